The second kappa shape index (κ2) is 5.70. The molecule has 3 nitrogen and oxygen atoms in total. The molecular weight excluding hydrogens is 244 g/mol. The van der Waals surface area contributed by atoms with Gasteiger partial charge in [0.1, 0.15) is 0 Å². The van der Waals surface area contributed by atoms with Crippen LogP contribution in [0, 0.1) is 0 Å². The van der Waals surface area contributed by atoms with E-state index in [-0.39, 0.29) is 11.5 Å². The Hall–Kier alpha value is -0.420. The van der Waals surface area contributed by atoms with Crippen molar-refractivity contribution in [2.75, 3.05) is 26.2 Å². The summed E-state index contributed by atoms with van der Waals surface area (Å²) < 4.78 is 5.59. The Kier molecular flexibility index (Phi) is 4.43. The van der Waals surface area contributed by atoms with Gasteiger partial charge in [0.05, 0.1) is 12.7 Å². The van der Waals surface area contributed by atoms with E-state index < -0.39 is 0 Å². The first-order chi connectivity index (χ1) is 8.49. The lowest BCUT2D eigenvalue weighted by Gasteiger charge is -2.31. The zero-order valence-corrected chi connectivity index (χ0v) is 12.4. The van der Waals surface area contributed by atoms with Crippen LogP contribution >= 0.6 is 11.3 Å². The predicted octanol–water partition coefficient (Wildman–Crippen LogP) is 2.21. The van der Waals surface area contributed by atoms with Gasteiger partial charge in [0, 0.05) is 35.9 Å². The van der Waals surface area contributed by atoms with Crippen LogP contribution in [0.5, 0.6) is 0 Å². The summed E-state index contributed by atoms with van der Waals surface area (Å²) >= 11 is 1.93. The van der Waals surface area contributed by atoms with Crippen LogP contribution in [-0.2, 0) is 16.7 Å². The molecule has 1 aliphatic heterocycles. The molecule has 0 bridgehead atoms. The van der Waals surface area contributed by atoms with E-state index in [1.807, 2.05) is 11.3 Å². The van der Waals surface area contributed by atoms with Gasteiger partial charge in [-0.15, -0.1) is 11.3 Å². The fraction of sp³-hybridized carbons (Fsp3) is 0.714. The molecule has 4 heteroatoms. The Morgan fingerprint density at radius 2 is 2.22 bits per heavy atom. The fourth-order valence-electron chi connectivity index (χ4n) is 2.15. The second-order valence-electron chi connectivity index (χ2n) is 5.98. The molecule has 2 rings (SSSR count). The van der Waals surface area contributed by atoms with E-state index in [0.717, 1.165) is 26.2 Å². The average molecular weight is 268 g/mol. The Balaban J connectivity index is 1.95. The molecule has 1 aliphatic rings. The van der Waals surface area contributed by atoms with E-state index in [2.05, 4.69) is 37.8 Å². The minimum Gasteiger partial charge on any atom is -0.374 e. The van der Waals surface area contributed by atoms with Crippen molar-refractivity contribution in [2.45, 2.75) is 38.8 Å². The number of morpholine rings is 1. The van der Waals surface area contributed by atoms with Crippen molar-refractivity contribution in [3.63, 3.8) is 0 Å². The highest BCUT2D eigenvalue weighted by atomic mass is 32.1. The molecule has 1 unspecified atom stereocenters. The van der Waals surface area contributed by atoms with Gasteiger partial charge in [-0.1, -0.05) is 20.8 Å². The summed E-state index contributed by atoms with van der Waals surface area (Å²) in [4.78, 5) is 5.35. The monoisotopic (exact) mass is 268 g/mol. The Bertz CT molecular complexity index is 383. The first kappa shape index (κ1) is 14.0. The van der Waals surface area contributed by atoms with Crippen molar-refractivity contribution in [1.29, 1.82) is 0 Å². The molecule has 0 amide bonds. The van der Waals surface area contributed by atoms with Gasteiger partial charge in [-0.3, -0.25) is 4.90 Å². The molecule has 0 spiro atoms. The maximum Gasteiger partial charge on any atom is 0.0824 e. The number of ether oxygens (including phenoxy) is 1. The molecule has 18 heavy (non-hydrogen) atoms. The molecule has 1 fully saturated rings. The highest BCUT2D eigenvalue weighted by Gasteiger charge is 2.21. The van der Waals surface area contributed by atoms with Crippen LogP contribution < -0.4 is 5.73 Å². The average Bonchev–Trinajstić information content (AvgIpc) is 2.77. The summed E-state index contributed by atoms with van der Waals surface area (Å²) in [6, 6.07) is 4.53. The van der Waals surface area contributed by atoms with Crippen LogP contribution in [0.1, 0.15) is 30.5 Å². The maximum atomic E-state index is 5.67. The summed E-state index contributed by atoms with van der Waals surface area (Å²) in [6.07, 6.45) is 0.209. The molecular formula is C14H24N2OS. The van der Waals surface area contributed by atoms with Crippen molar-refractivity contribution in [3.8, 4) is 0 Å². The summed E-state index contributed by atoms with van der Waals surface area (Å²) in [5, 5.41) is 0. The Labute approximate surface area is 114 Å². The normalized spacial score (nSPS) is 22.3. The quantitative estimate of drug-likeness (QED) is 0.913. The standard InChI is InChI=1S/C14H24N2OS/c1-14(2,3)13-5-4-12(18-13)10-16-6-7-17-11(8-15)9-16/h4-5,11H,6-10,15H2,1-3H3. The summed E-state index contributed by atoms with van der Waals surface area (Å²) in [6.45, 7) is 11.2. The number of rotatable bonds is 3. The van der Waals surface area contributed by atoms with E-state index in [9.17, 15) is 0 Å². The first-order valence-electron chi connectivity index (χ1n) is 6.62. The van der Waals surface area contributed by atoms with Gasteiger partial charge >= 0.3 is 0 Å². The smallest absolute Gasteiger partial charge is 0.0824 e. The first-order valence-corrected chi connectivity index (χ1v) is 7.44. The van der Waals surface area contributed by atoms with E-state index in [1.165, 1.54) is 9.75 Å². The molecule has 2 heterocycles. The van der Waals surface area contributed by atoms with Crippen molar-refractivity contribution in [1.82, 2.24) is 4.90 Å². The SMILES string of the molecule is CC(C)(C)c1ccc(CN2CCOC(CN)C2)s1. The topological polar surface area (TPSA) is 38.5 Å². The van der Waals surface area contributed by atoms with E-state index in [0.29, 0.717) is 6.54 Å². The molecule has 1 atom stereocenters. The maximum absolute atomic E-state index is 5.67. The van der Waals surface area contributed by atoms with Gasteiger partial charge in [-0.25, -0.2) is 0 Å². The number of hydrogen-bond acceptors (Lipinski definition) is 4. The highest BCUT2D eigenvalue weighted by molar-refractivity contribution is 7.12. The van der Waals surface area contributed by atoms with Gasteiger partial charge in [0.2, 0.25) is 0 Å². The van der Waals surface area contributed by atoms with Crippen LogP contribution in [0.3, 0.4) is 0 Å². The predicted molar refractivity (Wildman–Crippen MR) is 77.1 cm³/mol. The summed E-state index contributed by atoms with van der Waals surface area (Å²) in [5.41, 5.74) is 5.93. The lowest BCUT2D eigenvalue weighted by atomic mass is 9.95. The zero-order valence-electron chi connectivity index (χ0n) is 11.6. The van der Waals surface area contributed by atoms with Gasteiger partial charge in [0.15, 0.2) is 0 Å². The summed E-state index contributed by atoms with van der Waals surface area (Å²) in [7, 11) is 0. The Morgan fingerprint density at radius 3 is 2.83 bits per heavy atom. The minimum absolute atomic E-state index is 0.209. The van der Waals surface area contributed by atoms with Crippen LogP contribution in [-0.4, -0.2) is 37.2 Å². The van der Waals surface area contributed by atoms with Crippen LogP contribution in [0.2, 0.25) is 0 Å². The van der Waals surface area contributed by atoms with E-state index >= 15 is 0 Å². The molecule has 1 saturated heterocycles. The molecule has 2 N–H and O–H groups in total. The zero-order chi connectivity index (χ0) is 13.2. The molecule has 1 aromatic rings. The second-order valence-corrected chi connectivity index (χ2v) is 7.15. The van der Waals surface area contributed by atoms with Gasteiger partial charge < -0.3 is 10.5 Å². The molecule has 1 aromatic heterocycles. The lowest BCUT2D eigenvalue weighted by Crippen LogP contribution is -2.44. The van der Waals surface area contributed by atoms with Crippen molar-refractivity contribution in [3.05, 3.63) is 21.9 Å². The van der Waals surface area contributed by atoms with Crippen molar-refractivity contribution < 1.29 is 4.74 Å². The lowest BCUT2D eigenvalue weighted by molar-refractivity contribution is -0.0257. The fourth-order valence-corrected chi connectivity index (χ4v) is 3.26. The third-order valence-corrected chi connectivity index (χ3v) is 4.76. The molecule has 0 aromatic carbocycles. The third-order valence-electron chi connectivity index (χ3n) is 3.27. The Morgan fingerprint density at radius 1 is 1.44 bits per heavy atom. The molecule has 0 aliphatic carbocycles. The van der Waals surface area contributed by atoms with Gasteiger partial charge in [-0.2, -0.15) is 0 Å². The molecule has 0 radical (unpaired) electrons. The van der Waals surface area contributed by atoms with E-state index in [1.54, 1.807) is 0 Å². The van der Waals surface area contributed by atoms with Crippen molar-refractivity contribution in [2.24, 2.45) is 5.73 Å². The van der Waals surface area contributed by atoms with Gasteiger partial charge in [-0.05, 0) is 17.5 Å². The number of nitrogens with zero attached hydrogens (tertiary/aromatic N) is 1. The van der Waals surface area contributed by atoms with Crippen LogP contribution in [0.15, 0.2) is 12.1 Å². The number of hydrogen-bond donors (Lipinski definition) is 1. The minimum atomic E-state index is 0.209. The van der Waals surface area contributed by atoms with Crippen molar-refractivity contribution >= 4 is 11.3 Å². The number of nitrogens with two attached hydrogens (primary N) is 1. The highest BCUT2D eigenvalue weighted by Crippen LogP contribution is 2.30. The largest absolute Gasteiger partial charge is 0.374 e. The van der Waals surface area contributed by atoms with Crippen LogP contribution in [0.4, 0.5) is 0 Å². The van der Waals surface area contributed by atoms with Crippen LogP contribution in [0.25, 0.3) is 0 Å². The number of thiophene rings is 1. The third kappa shape index (κ3) is 3.54. The molecule has 102 valence electrons. The summed E-state index contributed by atoms with van der Waals surface area (Å²) in [5.74, 6) is 0. The van der Waals surface area contributed by atoms with Gasteiger partial charge in [0.25, 0.3) is 0 Å². The van der Waals surface area contributed by atoms with E-state index in [4.69, 9.17) is 10.5 Å². The molecule has 0 saturated carbocycles.